The van der Waals surface area contributed by atoms with Crippen molar-refractivity contribution in [1.82, 2.24) is 5.32 Å². The Bertz CT molecular complexity index is 547. The lowest BCUT2D eigenvalue weighted by Crippen LogP contribution is -2.38. The van der Waals surface area contributed by atoms with E-state index < -0.39 is 11.8 Å². The van der Waals surface area contributed by atoms with E-state index in [-0.39, 0.29) is 5.41 Å². The van der Waals surface area contributed by atoms with Gasteiger partial charge in [-0.05, 0) is 29.4 Å². The Labute approximate surface area is 146 Å². The van der Waals surface area contributed by atoms with Gasteiger partial charge in [0, 0.05) is 12.2 Å². The summed E-state index contributed by atoms with van der Waals surface area (Å²) >= 11 is 0. The molecule has 1 aromatic carbocycles. The summed E-state index contributed by atoms with van der Waals surface area (Å²) < 4.78 is 0. The van der Waals surface area contributed by atoms with Crippen molar-refractivity contribution in [2.75, 3.05) is 11.9 Å². The van der Waals surface area contributed by atoms with Crippen molar-refractivity contribution in [1.29, 1.82) is 0 Å². The minimum absolute atomic E-state index is 0.103. The van der Waals surface area contributed by atoms with E-state index in [1.54, 1.807) is 0 Å². The van der Waals surface area contributed by atoms with Crippen LogP contribution in [-0.4, -0.2) is 18.4 Å². The molecular weight excluding hydrogens is 300 g/mol. The van der Waals surface area contributed by atoms with Crippen LogP contribution >= 0.6 is 0 Å². The van der Waals surface area contributed by atoms with Gasteiger partial charge in [-0.15, -0.1) is 0 Å². The number of rotatable bonds is 7. The average molecular weight is 332 g/mol. The number of anilines is 1. The summed E-state index contributed by atoms with van der Waals surface area (Å²) in [5.74, 6) is -0.728. The smallest absolute Gasteiger partial charge is 0.313 e. The SMILES string of the molecule is CCCC[C@@H](CC)CNC(=O)C(=O)Nc1ccccc1C(C)(C)C. The molecule has 0 saturated carbocycles. The number of amides is 2. The number of hydrogen-bond donors (Lipinski definition) is 2. The first kappa shape index (κ1) is 20.2. The third-order valence-electron chi connectivity index (χ3n) is 4.28. The van der Waals surface area contributed by atoms with E-state index in [2.05, 4.69) is 45.3 Å². The molecule has 0 aliphatic carbocycles. The summed E-state index contributed by atoms with van der Waals surface area (Å²) in [7, 11) is 0. The van der Waals surface area contributed by atoms with Gasteiger partial charge in [0.15, 0.2) is 0 Å². The van der Waals surface area contributed by atoms with Gasteiger partial charge >= 0.3 is 11.8 Å². The van der Waals surface area contributed by atoms with Crippen LogP contribution in [0.4, 0.5) is 5.69 Å². The zero-order valence-electron chi connectivity index (χ0n) is 15.7. The molecule has 4 nitrogen and oxygen atoms in total. The van der Waals surface area contributed by atoms with Crippen molar-refractivity contribution < 1.29 is 9.59 Å². The molecule has 0 aromatic heterocycles. The number of unbranched alkanes of at least 4 members (excludes halogenated alkanes) is 1. The van der Waals surface area contributed by atoms with Crippen molar-refractivity contribution in [3.05, 3.63) is 29.8 Å². The number of carbonyl (C=O) groups is 2. The van der Waals surface area contributed by atoms with E-state index in [0.717, 1.165) is 31.2 Å². The van der Waals surface area contributed by atoms with Crippen LogP contribution in [0.15, 0.2) is 24.3 Å². The highest BCUT2D eigenvalue weighted by molar-refractivity contribution is 6.39. The van der Waals surface area contributed by atoms with Gasteiger partial charge in [0.25, 0.3) is 0 Å². The quantitative estimate of drug-likeness (QED) is 0.733. The highest BCUT2D eigenvalue weighted by atomic mass is 16.2. The standard InChI is InChI=1S/C20H32N2O2/c1-6-8-11-15(7-2)14-21-18(23)19(24)22-17-13-10-9-12-16(17)20(3,4)5/h9-10,12-13,15H,6-8,11,14H2,1-5H3,(H,21,23)(H,22,24)/t15-/m1/s1. The second kappa shape index (κ2) is 9.45. The number of carbonyl (C=O) groups excluding carboxylic acids is 2. The van der Waals surface area contributed by atoms with Crippen LogP contribution < -0.4 is 10.6 Å². The van der Waals surface area contributed by atoms with Gasteiger partial charge in [-0.2, -0.15) is 0 Å². The first-order valence-electron chi connectivity index (χ1n) is 8.98. The van der Waals surface area contributed by atoms with Gasteiger partial charge in [-0.25, -0.2) is 0 Å². The Morgan fingerprint density at radius 2 is 1.75 bits per heavy atom. The maximum Gasteiger partial charge on any atom is 0.313 e. The lowest BCUT2D eigenvalue weighted by molar-refractivity contribution is -0.136. The molecule has 4 heteroatoms. The largest absolute Gasteiger partial charge is 0.348 e. The summed E-state index contributed by atoms with van der Waals surface area (Å²) in [5, 5.41) is 5.52. The Balaban J connectivity index is 2.64. The number of para-hydroxylation sites is 1. The molecular formula is C20H32N2O2. The van der Waals surface area contributed by atoms with Gasteiger partial charge in [0.1, 0.15) is 0 Å². The topological polar surface area (TPSA) is 58.2 Å². The van der Waals surface area contributed by atoms with Crippen LogP contribution in [0, 0.1) is 5.92 Å². The first-order chi connectivity index (χ1) is 11.3. The summed E-state index contributed by atoms with van der Waals surface area (Å²) in [4.78, 5) is 24.3. The Kier molecular flexibility index (Phi) is 7.96. The Hall–Kier alpha value is -1.84. The highest BCUT2D eigenvalue weighted by Crippen LogP contribution is 2.29. The van der Waals surface area contributed by atoms with Crippen LogP contribution in [0.25, 0.3) is 0 Å². The molecule has 0 aliphatic heterocycles. The number of nitrogens with one attached hydrogen (secondary N) is 2. The van der Waals surface area contributed by atoms with E-state index in [4.69, 9.17) is 0 Å². The molecule has 0 unspecified atom stereocenters. The average Bonchev–Trinajstić information content (AvgIpc) is 2.54. The molecule has 0 radical (unpaired) electrons. The zero-order valence-corrected chi connectivity index (χ0v) is 15.7. The first-order valence-corrected chi connectivity index (χ1v) is 8.98. The van der Waals surface area contributed by atoms with Gasteiger partial charge in [-0.3, -0.25) is 9.59 Å². The van der Waals surface area contributed by atoms with Crippen LogP contribution in [0.2, 0.25) is 0 Å². The molecule has 2 N–H and O–H groups in total. The summed E-state index contributed by atoms with van der Waals surface area (Å²) in [5.41, 5.74) is 1.61. The van der Waals surface area contributed by atoms with Gasteiger partial charge in [0.2, 0.25) is 0 Å². The summed E-state index contributed by atoms with van der Waals surface area (Å²) in [6.45, 7) is 11.1. The molecule has 0 heterocycles. The molecule has 1 aromatic rings. The third kappa shape index (κ3) is 6.34. The molecule has 0 fully saturated rings. The van der Waals surface area contributed by atoms with E-state index in [1.807, 2.05) is 24.3 Å². The lowest BCUT2D eigenvalue weighted by atomic mass is 9.86. The third-order valence-corrected chi connectivity index (χ3v) is 4.28. The molecule has 0 aliphatic rings. The Morgan fingerprint density at radius 3 is 2.33 bits per heavy atom. The van der Waals surface area contributed by atoms with Gasteiger partial charge < -0.3 is 10.6 Å². The molecule has 0 bridgehead atoms. The normalized spacial score (nSPS) is 12.5. The van der Waals surface area contributed by atoms with E-state index >= 15 is 0 Å². The maximum absolute atomic E-state index is 12.2. The van der Waals surface area contributed by atoms with Crippen molar-refractivity contribution in [2.45, 2.75) is 65.7 Å². The van der Waals surface area contributed by atoms with Gasteiger partial charge in [-0.1, -0.05) is 72.1 Å². The van der Waals surface area contributed by atoms with Gasteiger partial charge in [0.05, 0.1) is 0 Å². The predicted molar refractivity (Wildman–Crippen MR) is 100 cm³/mol. The predicted octanol–water partition coefficient (Wildman–Crippen LogP) is 4.26. The second-order valence-corrected chi connectivity index (χ2v) is 7.38. The molecule has 24 heavy (non-hydrogen) atoms. The fraction of sp³-hybridized carbons (Fsp3) is 0.600. The summed E-state index contributed by atoms with van der Waals surface area (Å²) in [6, 6.07) is 7.61. The fourth-order valence-corrected chi connectivity index (χ4v) is 2.69. The molecule has 0 spiro atoms. The second-order valence-electron chi connectivity index (χ2n) is 7.38. The monoisotopic (exact) mass is 332 g/mol. The molecule has 1 rings (SSSR count). The number of benzene rings is 1. The van der Waals surface area contributed by atoms with Crippen LogP contribution in [0.3, 0.4) is 0 Å². The molecule has 1 atom stereocenters. The van der Waals surface area contributed by atoms with Crippen LogP contribution in [0.5, 0.6) is 0 Å². The summed E-state index contributed by atoms with van der Waals surface area (Å²) in [6.07, 6.45) is 4.39. The van der Waals surface area contributed by atoms with E-state index in [1.165, 1.54) is 0 Å². The zero-order chi connectivity index (χ0) is 18.2. The molecule has 2 amide bonds. The van der Waals surface area contributed by atoms with E-state index in [0.29, 0.717) is 18.2 Å². The maximum atomic E-state index is 12.2. The minimum atomic E-state index is -0.600. The van der Waals surface area contributed by atoms with Crippen molar-refractivity contribution in [2.24, 2.45) is 5.92 Å². The van der Waals surface area contributed by atoms with Crippen molar-refractivity contribution >= 4 is 17.5 Å². The molecule has 134 valence electrons. The lowest BCUT2D eigenvalue weighted by Gasteiger charge is -2.23. The minimum Gasteiger partial charge on any atom is -0.348 e. The number of hydrogen-bond acceptors (Lipinski definition) is 2. The molecule has 0 saturated heterocycles. The fourth-order valence-electron chi connectivity index (χ4n) is 2.69. The van der Waals surface area contributed by atoms with Crippen LogP contribution in [-0.2, 0) is 15.0 Å². The van der Waals surface area contributed by atoms with Crippen molar-refractivity contribution in [3.8, 4) is 0 Å². The van der Waals surface area contributed by atoms with Crippen molar-refractivity contribution in [3.63, 3.8) is 0 Å². The Morgan fingerprint density at radius 1 is 1.08 bits per heavy atom. The highest BCUT2D eigenvalue weighted by Gasteiger charge is 2.21. The van der Waals surface area contributed by atoms with Crippen LogP contribution in [0.1, 0.15) is 65.9 Å². The van der Waals surface area contributed by atoms with E-state index in [9.17, 15) is 9.59 Å².